The van der Waals surface area contributed by atoms with E-state index in [4.69, 9.17) is 0 Å². The Hall–Kier alpha value is -1.24. The number of anilines is 1. The van der Waals surface area contributed by atoms with E-state index in [2.05, 4.69) is 5.32 Å². The van der Waals surface area contributed by atoms with Crippen molar-refractivity contribution in [1.82, 2.24) is 0 Å². The van der Waals surface area contributed by atoms with Crippen molar-refractivity contribution in [3.8, 4) is 0 Å². The van der Waals surface area contributed by atoms with Gasteiger partial charge in [0.05, 0.1) is 17.2 Å². The first-order valence-corrected chi connectivity index (χ1v) is 6.81. The van der Waals surface area contributed by atoms with Crippen molar-refractivity contribution in [2.75, 3.05) is 16.8 Å². The molecule has 1 saturated heterocycles. The van der Waals surface area contributed by atoms with Crippen molar-refractivity contribution >= 4 is 15.5 Å². The number of benzene rings is 1. The summed E-state index contributed by atoms with van der Waals surface area (Å²) in [6.45, 7) is 0. The van der Waals surface area contributed by atoms with Gasteiger partial charge in [0.2, 0.25) is 0 Å². The first-order chi connectivity index (χ1) is 7.87. The molecule has 0 amide bonds. The predicted octanol–water partition coefficient (Wildman–Crippen LogP) is 1.70. The lowest BCUT2D eigenvalue weighted by Gasteiger charge is -2.13. The van der Waals surface area contributed by atoms with E-state index < -0.39 is 33.3 Å². The molecule has 0 radical (unpaired) electrons. The second-order valence-electron chi connectivity index (χ2n) is 3.99. The molecule has 1 unspecified atom stereocenters. The molecule has 0 spiro atoms. The molecular formula is C10H10F3NO2S. The molecule has 1 atom stereocenters. The highest BCUT2D eigenvalue weighted by Crippen LogP contribution is 2.22. The SMILES string of the molecule is O=S1(=O)CCC(Nc2cc(F)c(F)cc2F)C1. The van der Waals surface area contributed by atoms with Crippen LogP contribution in [0.15, 0.2) is 12.1 Å². The Kier molecular flexibility index (Phi) is 3.03. The molecule has 7 heteroatoms. The van der Waals surface area contributed by atoms with Gasteiger partial charge in [-0.2, -0.15) is 0 Å². The molecule has 1 N–H and O–H groups in total. The fourth-order valence-corrected chi connectivity index (χ4v) is 3.44. The van der Waals surface area contributed by atoms with Crippen molar-refractivity contribution in [3.05, 3.63) is 29.6 Å². The molecule has 94 valence electrons. The standard InChI is InChI=1S/C10H10F3NO2S/c11-7-3-9(13)10(4-8(7)12)14-6-1-2-17(15,16)5-6/h3-4,6,14H,1-2,5H2. The quantitative estimate of drug-likeness (QED) is 0.828. The van der Waals surface area contributed by atoms with Gasteiger partial charge in [0, 0.05) is 18.2 Å². The summed E-state index contributed by atoms with van der Waals surface area (Å²) in [6, 6.07) is 0.663. The topological polar surface area (TPSA) is 46.2 Å². The van der Waals surface area contributed by atoms with Crippen LogP contribution >= 0.6 is 0 Å². The number of hydrogen-bond acceptors (Lipinski definition) is 3. The zero-order chi connectivity index (χ0) is 12.6. The number of halogens is 3. The average molecular weight is 265 g/mol. The van der Waals surface area contributed by atoms with Crippen LogP contribution in [0.1, 0.15) is 6.42 Å². The molecule has 3 nitrogen and oxygen atoms in total. The summed E-state index contributed by atoms with van der Waals surface area (Å²) >= 11 is 0. The van der Waals surface area contributed by atoms with Crippen LogP contribution in [0.25, 0.3) is 0 Å². The number of rotatable bonds is 2. The van der Waals surface area contributed by atoms with Crippen LogP contribution in [0.2, 0.25) is 0 Å². The first kappa shape index (κ1) is 12.2. The van der Waals surface area contributed by atoms with E-state index in [0.29, 0.717) is 18.6 Å². The molecule has 0 aromatic heterocycles. The Morgan fingerprint density at radius 1 is 1.12 bits per heavy atom. The van der Waals surface area contributed by atoms with Gasteiger partial charge in [-0.25, -0.2) is 21.6 Å². The zero-order valence-electron chi connectivity index (χ0n) is 8.71. The minimum Gasteiger partial charge on any atom is -0.379 e. The fourth-order valence-electron chi connectivity index (χ4n) is 1.76. The third kappa shape index (κ3) is 2.71. The van der Waals surface area contributed by atoms with E-state index in [0.717, 1.165) is 0 Å². The van der Waals surface area contributed by atoms with Crippen LogP contribution in [0, 0.1) is 17.5 Å². The Labute approximate surface area is 96.6 Å². The largest absolute Gasteiger partial charge is 0.379 e. The Balaban J connectivity index is 2.17. The molecule has 0 saturated carbocycles. The van der Waals surface area contributed by atoms with Crippen LogP contribution < -0.4 is 5.32 Å². The smallest absolute Gasteiger partial charge is 0.161 e. The van der Waals surface area contributed by atoms with E-state index in [9.17, 15) is 21.6 Å². The van der Waals surface area contributed by atoms with E-state index in [-0.39, 0.29) is 17.2 Å². The second kappa shape index (κ2) is 4.21. The van der Waals surface area contributed by atoms with E-state index >= 15 is 0 Å². The van der Waals surface area contributed by atoms with Crippen LogP contribution in [-0.4, -0.2) is 26.0 Å². The molecule has 1 aromatic carbocycles. The van der Waals surface area contributed by atoms with E-state index in [1.807, 2.05) is 0 Å². The molecule has 1 aliphatic rings. The lowest BCUT2D eigenvalue weighted by molar-refractivity contribution is 0.495. The fraction of sp³-hybridized carbons (Fsp3) is 0.400. The van der Waals surface area contributed by atoms with E-state index in [1.165, 1.54) is 0 Å². The minimum absolute atomic E-state index is 0.0238. The predicted molar refractivity (Wildman–Crippen MR) is 57.0 cm³/mol. The molecule has 1 aromatic rings. The van der Waals surface area contributed by atoms with Gasteiger partial charge in [-0.15, -0.1) is 0 Å². The monoisotopic (exact) mass is 265 g/mol. The van der Waals surface area contributed by atoms with Crippen LogP contribution in [0.4, 0.5) is 18.9 Å². The highest BCUT2D eigenvalue weighted by atomic mass is 32.2. The van der Waals surface area contributed by atoms with Crippen LogP contribution in [0.5, 0.6) is 0 Å². The first-order valence-electron chi connectivity index (χ1n) is 4.99. The van der Waals surface area contributed by atoms with Gasteiger partial charge in [-0.1, -0.05) is 0 Å². The normalized spacial score (nSPS) is 22.6. The van der Waals surface area contributed by atoms with Crippen LogP contribution in [0.3, 0.4) is 0 Å². The summed E-state index contributed by atoms with van der Waals surface area (Å²) in [5.41, 5.74) is -0.217. The average Bonchev–Trinajstić information content (AvgIpc) is 2.54. The number of nitrogens with one attached hydrogen (secondary N) is 1. The maximum Gasteiger partial charge on any atom is 0.161 e. The van der Waals surface area contributed by atoms with Crippen molar-refractivity contribution in [1.29, 1.82) is 0 Å². The summed E-state index contributed by atoms with van der Waals surface area (Å²) in [4.78, 5) is 0. The van der Waals surface area contributed by atoms with Crippen molar-refractivity contribution in [3.63, 3.8) is 0 Å². The maximum atomic E-state index is 13.3. The number of sulfone groups is 1. The molecular weight excluding hydrogens is 255 g/mol. The summed E-state index contributed by atoms with van der Waals surface area (Å²) in [7, 11) is -3.10. The zero-order valence-corrected chi connectivity index (χ0v) is 9.53. The minimum atomic E-state index is -3.10. The third-order valence-electron chi connectivity index (χ3n) is 2.60. The van der Waals surface area contributed by atoms with Gasteiger partial charge in [-0.05, 0) is 6.42 Å². The van der Waals surface area contributed by atoms with E-state index in [1.54, 1.807) is 0 Å². The highest BCUT2D eigenvalue weighted by molar-refractivity contribution is 7.91. The third-order valence-corrected chi connectivity index (χ3v) is 4.37. The van der Waals surface area contributed by atoms with Crippen molar-refractivity contribution < 1.29 is 21.6 Å². The lowest BCUT2D eigenvalue weighted by atomic mass is 10.2. The summed E-state index contributed by atoms with van der Waals surface area (Å²) in [6.07, 6.45) is 0.334. The molecule has 1 aliphatic heterocycles. The maximum absolute atomic E-state index is 13.3. The van der Waals surface area contributed by atoms with Gasteiger partial charge in [0.15, 0.2) is 21.5 Å². The Bertz CT molecular complexity index is 545. The lowest BCUT2D eigenvalue weighted by Crippen LogP contribution is -2.21. The van der Waals surface area contributed by atoms with Crippen molar-refractivity contribution in [2.24, 2.45) is 0 Å². The van der Waals surface area contributed by atoms with Gasteiger partial charge < -0.3 is 5.32 Å². The van der Waals surface area contributed by atoms with Crippen molar-refractivity contribution in [2.45, 2.75) is 12.5 Å². The molecule has 1 heterocycles. The highest BCUT2D eigenvalue weighted by Gasteiger charge is 2.28. The Morgan fingerprint density at radius 3 is 2.35 bits per heavy atom. The Morgan fingerprint density at radius 2 is 1.76 bits per heavy atom. The summed E-state index contributed by atoms with van der Waals surface area (Å²) in [5.74, 6) is -3.48. The molecule has 2 rings (SSSR count). The van der Waals surface area contributed by atoms with Crippen LogP contribution in [-0.2, 0) is 9.84 Å². The molecule has 17 heavy (non-hydrogen) atoms. The molecule has 0 bridgehead atoms. The number of hydrogen-bond donors (Lipinski definition) is 1. The summed E-state index contributed by atoms with van der Waals surface area (Å²) < 4.78 is 61.1. The summed E-state index contributed by atoms with van der Waals surface area (Å²) in [5, 5.41) is 2.57. The van der Waals surface area contributed by atoms with Gasteiger partial charge in [0.1, 0.15) is 5.82 Å². The second-order valence-corrected chi connectivity index (χ2v) is 6.22. The molecule has 1 fully saturated rings. The van der Waals surface area contributed by atoms with Gasteiger partial charge >= 0.3 is 0 Å². The van der Waals surface area contributed by atoms with Gasteiger partial charge in [0.25, 0.3) is 0 Å². The molecule has 0 aliphatic carbocycles. The van der Waals surface area contributed by atoms with Gasteiger partial charge in [-0.3, -0.25) is 0 Å².